The van der Waals surface area contributed by atoms with Crippen molar-refractivity contribution in [2.24, 2.45) is 7.05 Å². The Morgan fingerprint density at radius 1 is 1.22 bits per heavy atom. The maximum Gasteiger partial charge on any atom is 0.355 e. The van der Waals surface area contributed by atoms with Gasteiger partial charge in [-0.05, 0) is 61.9 Å². The molecule has 0 aliphatic heterocycles. The van der Waals surface area contributed by atoms with Crippen LogP contribution < -0.4 is 0 Å². The Morgan fingerprint density at radius 2 is 1.89 bits per heavy atom. The Hall–Kier alpha value is -2.42. The summed E-state index contributed by atoms with van der Waals surface area (Å²) in [4.78, 5) is 16.6. The summed E-state index contributed by atoms with van der Waals surface area (Å²) in [6.07, 6.45) is 1.53. The van der Waals surface area contributed by atoms with Gasteiger partial charge in [0, 0.05) is 30.2 Å². The molecule has 2 aromatic heterocycles. The predicted octanol–water partition coefficient (Wildman–Crippen LogP) is 6.62. The predicted molar refractivity (Wildman–Crippen MR) is 153 cm³/mol. The van der Waals surface area contributed by atoms with Gasteiger partial charge in [0.1, 0.15) is 5.69 Å². The van der Waals surface area contributed by atoms with E-state index in [2.05, 4.69) is 76.9 Å². The van der Waals surface area contributed by atoms with E-state index < -0.39 is 8.32 Å². The van der Waals surface area contributed by atoms with E-state index in [9.17, 15) is 9.90 Å². The first-order valence-corrected chi connectivity index (χ1v) is 16.3. The number of benzene rings is 1. The summed E-state index contributed by atoms with van der Waals surface area (Å²) in [5, 5.41) is 16.0. The van der Waals surface area contributed by atoms with Crippen molar-refractivity contribution in [2.45, 2.75) is 92.0 Å². The lowest BCUT2D eigenvalue weighted by molar-refractivity contribution is 0.0518. The molecule has 2 heterocycles. The minimum absolute atomic E-state index is 0.0744. The van der Waals surface area contributed by atoms with Gasteiger partial charge in [0.25, 0.3) is 0 Å². The molecule has 37 heavy (non-hydrogen) atoms. The SMILES string of the molecule is CCOC(=O)c1[nH]c2c(-c3c(CC)nn(C)c3CO)c(C)ccc2c1C(C)CCO[Si](C)(C)C(C)(C)C. The van der Waals surface area contributed by atoms with Gasteiger partial charge in [0.05, 0.1) is 30.1 Å². The lowest BCUT2D eigenvalue weighted by atomic mass is 9.91. The fourth-order valence-electron chi connectivity index (χ4n) is 4.78. The number of aliphatic hydroxyl groups excluding tert-OH is 1. The number of fused-ring (bicyclic) bond motifs is 1. The molecule has 0 saturated heterocycles. The number of hydrogen-bond donors (Lipinski definition) is 2. The van der Waals surface area contributed by atoms with Gasteiger partial charge < -0.3 is 19.3 Å². The van der Waals surface area contributed by atoms with E-state index in [1.807, 2.05) is 14.0 Å². The van der Waals surface area contributed by atoms with Crippen LogP contribution in [0, 0.1) is 6.92 Å². The van der Waals surface area contributed by atoms with Crippen LogP contribution in [0.1, 0.15) is 86.9 Å². The molecule has 0 bridgehead atoms. The zero-order valence-corrected chi connectivity index (χ0v) is 25.3. The van der Waals surface area contributed by atoms with Gasteiger partial charge in [-0.1, -0.05) is 46.8 Å². The molecule has 3 aromatic rings. The molecule has 3 rings (SSSR count). The van der Waals surface area contributed by atoms with Crippen molar-refractivity contribution in [3.63, 3.8) is 0 Å². The van der Waals surface area contributed by atoms with Crippen molar-refractivity contribution in [2.75, 3.05) is 13.2 Å². The minimum Gasteiger partial charge on any atom is -0.461 e. The molecule has 8 heteroatoms. The van der Waals surface area contributed by atoms with Crippen LogP contribution in [0.4, 0.5) is 0 Å². The number of carbonyl (C=O) groups excluding carboxylic acids is 1. The van der Waals surface area contributed by atoms with Crippen LogP contribution in [0.2, 0.25) is 18.1 Å². The Labute approximate surface area is 222 Å². The number of aromatic amines is 1. The second kappa shape index (κ2) is 11.1. The van der Waals surface area contributed by atoms with Crippen molar-refractivity contribution in [1.29, 1.82) is 0 Å². The zero-order valence-electron chi connectivity index (χ0n) is 24.3. The topological polar surface area (TPSA) is 89.4 Å². The van der Waals surface area contributed by atoms with Crippen molar-refractivity contribution >= 4 is 25.2 Å². The third-order valence-corrected chi connectivity index (χ3v) is 12.5. The number of aliphatic hydroxyl groups is 1. The molecule has 7 nitrogen and oxygen atoms in total. The number of ether oxygens (including phenoxy) is 1. The standard InChI is InChI=1S/C29H45N3O4Si/c1-11-21-25(22(17-33)32(8)31-21)24-18(3)13-14-20-23(27(30-26(20)24)28(34)35-12-2)19(4)15-16-36-37(9,10)29(5,6)7/h13-14,19,30,33H,11-12,15-17H2,1-10H3. The van der Waals surface area contributed by atoms with Gasteiger partial charge in [-0.25, -0.2) is 4.79 Å². The van der Waals surface area contributed by atoms with Crippen LogP contribution >= 0.6 is 0 Å². The summed E-state index contributed by atoms with van der Waals surface area (Å²) in [5.74, 6) is -0.274. The normalized spacial score (nSPS) is 13.4. The average molecular weight is 528 g/mol. The number of aromatic nitrogens is 3. The Balaban J connectivity index is 2.16. The fourth-order valence-corrected chi connectivity index (χ4v) is 5.84. The van der Waals surface area contributed by atoms with Gasteiger partial charge in [0.2, 0.25) is 0 Å². The zero-order chi connectivity index (χ0) is 27.7. The molecule has 1 atom stereocenters. The smallest absolute Gasteiger partial charge is 0.355 e. The minimum atomic E-state index is -1.87. The van der Waals surface area contributed by atoms with Gasteiger partial charge >= 0.3 is 5.97 Å². The summed E-state index contributed by atoms with van der Waals surface area (Å²) in [7, 11) is -0.0106. The lowest BCUT2D eigenvalue weighted by Crippen LogP contribution is -2.41. The number of rotatable bonds is 10. The van der Waals surface area contributed by atoms with Gasteiger partial charge in [-0.3, -0.25) is 4.68 Å². The molecule has 0 aliphatic carbocycles. The van der Waals surface area contributed by atoms with E-state index in [1.54, 1.807) is 4.68 Å². The third kappa shape index (κ3) is 5.56. The van der Waals surface area contributed by atoms with Crippen LogP contribution in [0.15, 0.2) is 12.1 Å². The van der Waals surface area contributed by atoms with Crippen molar-refractivity contribution < 1.29 is 19.1 Å². The maximum absolute atomic E-state index is 13.2. The third-order valence-electron chi connectivity index (χ3n) is 7.99. The molecular formula is C29H45N3O4Si. The molecule has 0 fully saturated rings. The Bertz CT molecular complexity index is 1270. The molecule has 0 aliphatic rings. The van der Waals surface area contributed by atoms with Crippen molar-refractivity contribution in [1.82, 2.24) is 14.8 Å². The Kier molecular flexibility index (Phi) is 8.77. The second-order valence-electron chi connectivity index (χ2n) is 11.5. The number of H-pyrrole nitrogens is 1. The molecule has 0 spiro atoms. The van der Waals surface area contributed by atoms with E-state index in [4.69, 9.17) is 9.16 Å². The highest BCUT2D eigenvalue weighted by Gasteiger charge is 2.37. The van der Waals surface area contributed by atoms with E-state index >= 15 is 0 Å². The Morgan fingerprint density at radius 3 is 2.46 bits per heavy atom. The average Bonchev–Trinajstić information content (AvgIpc) is 3.35. The number of aryl methyl sites for hydroxylation is 3. The summed E-state index contributed by atoms with van der Waals surface area (Å²) in [6.45, 7) is 20.2. The molecule has 0 amide bonds. The molecule has 1 unspecified atom stereocenters. The monoisotopic (exact) mass is 527 g/mol. The number of nitrogens with one attached hydrogen (secondary N) is 1. The van der Waals surface area contributed by atoms with Crippen LogP contribution in [-0.4, -0.2) is 47.4 Å². The molecule has 1 aromatic carbocycles. The number of hydrogen-bond acceptors (Lipinski definition) is 5. The molecule has 2 N–H and O–H groups in total. The van der Waals surface area contributed by atoms with Gasteiger partial charge in [-0.15, -0.1) is 0 Å². The van der Waals surface area contributed by atoms with Crippen LogP contribution in [0.3, 0.4) is 0 Å². The first-order chi connectivity index (χ1) is 17.3. The van der Waals surface area contributed by atoms with Gasteiger partial charge in [0.15, 0.2) is 8.32 Å². The lowest BCUT2D eigenvalue weighted by Gasteiger charge is -2.36. The molecule has 0 radical (unpaired) electrons. The van der Waals surface area contributed by atoms with E-state index in [0.29, 0.717) is 18.9 Å². The van der Waals surface area contributed by atoms with Crippen molar-refractivity contribution in [3.05, 3.63) is 40.3 Å². The number of esters is 1. The first-order valence-electron chi connectivity index (χ1n) is 13.4. The van der Waals surface area contributed by atoms with Crippen LogP contribution in [-0.2, 0) is 29.2 Å². The largest absolute Gasteiger partial charge is 0.461 e. The van der Waals surface area contributed by atoms with Crippen LogP contribution in [0.25, 0.3) is 22.0 Å². The van der Waals surface area contributed by atoms with Crippen LogP contribution in [0.5, 0.6) is 0 Å². The quantitative estimate of drug-likeness (QED) is 0.228. The van der Waals surface area contributed by atoms with Gasteiger partial charge in [-0.2, -0.15) is 5.10 Å². The number of nitrogens with zero attached hydrogens (tertiary/aromatic N) is 2. The molecule has 0 saturated carbocycles. The summed E-state index contributed by atoms with van der Waals surface area (Å²) in [5.41, 5.74) is 7.00. The highest BCUT2D eigenvalue weighted by atomic mass is 28.4. The van der Waals surface area contributed by atoms with Crippen molar-refractivity contribution in [3.8, 4) is 11.1 Å². The van der Waals surface area contributed by atoms with E-state index in [1.165, 1.54) is 0 Å². The fraction of sp³-hybridized carbons (Fsp3) is 0.586. The highest BCUT2D eigenvalue weighted by molar-refractivity contribution is 6.74. The summed E-state index contributed by atoms with van der Waals surface area (Å²) >= 11 is 0. The number of carbonyl (C=O) groups is 1. The summed E-state index contributed by atoms with van der Waals surface area (Å²) < 4.78 is 13.7. The maximum atomic E-state index is 13.2. The molecular weight excluding hydrogens is 482 g/mol. The first kappa shape index (κ1) is 29.1. The summed E-state index contributed by atoms with van der Waals surface area (Å²) in [6, 6.07) is 4.19. The second-order valence-corrected chi connectivity index (χ2v) is 16.3. The van der Waals surface area contributed by atoms with E-state index in [-0.39, 0.29) is 23.5 Å². The highest BCUT2D eigenvalue weighted by Crippen LogP contribution is 2.41. The molecule has 204 valence electrons. The van der Waals surface area contributed by atoms with E-state index in [0.717, 1.165) is 57.4 Å².